The number of methoxy groups -OCH3 is 1. The number of benzene rings is 1. The SMILES string of the molecule is CCC(O)CCNC(=O)c1ccc(Cl)c(OC)c1. The fourth-order valence-electron chi connectivity index (χ4n) is 1.46. The van der Waals surface area contributed by atoms with Crippen LogP contribution in [0.3, 0.4) is 0 Å². The summed E-state index contributed by atoms with van der Waals surface area (Å²) in [4.78, 5) is 11.8. The Kier molecular flexibility index (Phi) is 5.95. The molecule has 0 aliphatic heterocycles. The highest BCUT2D eigenvalue weighted by Crippen LogP contribution is 2.24. The lowest BCUT2D eigenvalue weighted by atomic mass is 10.2. The van der Waals surface area contributed by atoms with Gasteiger partial charge in [0.15, 0.2) is 0 Å². The van der Waals surface area contributed by atoms with Crippen molar-refractivity contribution in [1.82, 2.24) is 5.32 Å². The maximum atomic E-state index is 11.8. The van der Waals surface area contributed by atoms with Crippen LogP contribution in [0.4, 0.5) is 0 Å². The number of carbonyl (C=O) groups excluding carboxylic acids is 1. The van der Waals surface area contributed by atoms with Crippen molar-refractivity contribution in [2.75, 3.05) is 13.7 Å². The third-order valence-corrected chi connectivity index (χ3v) is 2.96. The molecule has 0 aliphatic carbocycles. The molecule has 0 saturated heterocycles. The van der Waals surface area contributed by atoms with Gasteiger partial charge in [-0.1, -0.05) is 18.5 Å². The van der Waals surface area contributed by atoms with Crippen molar-refractivity contribution < 1.29 is 14.6 Å². The van der Waals surface area contributed by atoms with Gasteiger partial charge in [0.05, 0.1) is 18.2 Å². The Morgan fingerprint density at radius 1 is 1.56 bits per heavy atom. The Labute approximate surface area is 112 Å². The number of halogens is 1. The lowest BCUT2D eigenvalue weighted by molar-refractivity contribution is 0.0941. The fourth-order valence-corrected chi connectivity index (χ4v) is 1.65. The van der Waals surface area contributed by atoms with Crippen LogP contribution in [-0.4, -0.2) is 30.8 Å². The number of ether oxygens (including phenoxy) is 1. The van der Waals surface area contributed by atoms with Crippen molar-refractivity contribution in [3.05, 3.63) is 28.8 Å². The van der Waals surface area contributed by atoms with Gasteiger partial charge >= 0.3 is 0 Å². The van der Waals surface area contributed by atoms with Crippen LogP contribution in [0.2, 0.25) is 5.02 Å². The number of aliphatic hydroxyl groups is 1. The lowest BCUT2D eigenvalue weighted by Crippen LogP contribution is -2.27. The highest BCUT2D eigenvalue weighted by atomic mass is 35.5. The highest BCUT2D eigenvalue weighted by molar-refractivity contribution is 6.32. The van der Waals surface area contributed by atoms with Gasteiger partial charge in [-0.2, -0.15) is 0 Å². The van der Waals surface area contributed by atoms with E-state index in [1.807, 2.05) is 6.92 Å². The summed E-state index contributed by atoms with van der Waals surface area (Å²) in [5.41, 5.74) is 0.488. The Bertz CT molecular complexity index is 409. The molecule has 1 aromatic rings. The summed E-state index contributed by atoms with van der Waals surface area (Å²) in [5.74, 6) is 0.270. The molecule has 0 spiro atoms. The molecular weight excluding hydrogens is 254 g/mol. The topological polar surface area (TPSA) is 58.6 Å². The first-order valence-electron chi connectivity index (χ1n) is 5.88. The third-order valence-electron chi connectivity index (χ3n) is 2.65. The molecule has 1 amide bonds. The number of rotatable bonds is 6. The average molecular weight is 272 g/mol. The molecule has 0 aromatic heterocycles. The van der Waals surface area contributed by atoms with Crippen LogP contribution < -0.4 is 10.1 Å². The molecule has 100 valence electrons. The van der Waals surface area contributed by atoms with Gasteiger partial charge in [0.1, 0.15) is 5.75 Å². The van der Waals surface area contributed by atoms with Crippen molar-refractivity contribution in [2.45, 2.75) is 25.9 Å². The second kappa shape index (κ2) is 7.24. The van der Waals surface area contributed by atoms with Gasteiger partial charge in [0.25, 0.3) is 5.91 Å². The molecular formula is C13H18ClNO3. The fraction of sp³-hybridized carbons (Fsp3) is 0.462. The number of hydrogen-bond acceptors (Lipinski definition) is 3. The van der Waals surface area contributed by atoms with Crippen molar-refractivity contribution in [2.24, 2.45) is 0 Å². The van der Waals surface area contributed by atoms with Crippen molar-refractivity contribution >= 4 is 17.5 Å². The molecule has 0 saturated carbocycles. The molecule has 0 heterocycles. The smallest absolute Gasteiger partial charge is 0.251 e. The molecule has 1 aromatic carbocycles. The number of carbonyl (C=O) groups is 1. The van der Waals surface area contributed by atoms with Gasteiger partial charge in [-0.3, -0.25) is 4.79 Å². The van der Waals surface area contributed by atoms with E-state index in [2.05, 4.69) is 5.32 Å². The standard InChI is InChI=1S/C13H18ClNO3/c1-3-10(16)6-7-15-13(17)9-4-5-11(14)12(8-9)18-2/h4-5,8,10,16H,3,6-7H2,1-2H3,(H,15,17). The first-order chi connectivity index (χ1) is 8.58. The van der Waals surface area contributed by atoms with E-state index in [1.54, 1.807) is 18.2 Å². The minimum absolute atomic E-state index is 0.201. The van der Waals surface area contributed by atoms with Gasteiger partial charge in [0, 0.05) is 12.1 Å². The zero-order chi connectivity index (χ0) is 13.5. The van der Waals surface area contributed by atoms with Crippen LogP contribution in [0.15, 0.2) is 18.2 Å². The Balaban J connectivity index is 2.56. The minimum atomic E-state index is -0.370. The lowest BCUT2D eigenvalue weighted by Gasteiger charge is -2.10. The van der Waals surface area contributed by atoms with Crippen LogP contribution >= 0.6 is 11.6 Å². The van der Waals surface area contributed by atoms with Gasteiger partial charge in [-0.25, -0.2) is 0 Å². The summed E-state index contributed by atoms with van der Waals surface area (Å²) in [5, 5.41) is 12.6. The normalized spacial score (nSPS) is 12.0. The van der Waals surface area contributed by atoms with Crippen LogP contribution in [-0.2, 0) is 0 Å². The monoisotopic (exact) mass is 271 g/mol. The van der Waals surface area contributed by atoms with Gasteiger partial charge in [-0.05, 0) is 31.0 Å². The van der Waals surface area contributed by atoms with Gasteiger partial charge in [-0.15, -0.1) is 0 Å². The van der Waals surface area contributed by atoms with E-state index < -0.39 is 0 Å². The van der Waals surface area contributed by atoms with E-state index >= 15 is 0 Å². The van der Waals surface area contributed by atoms with E-state index in [0.717, 1.165) is 0 Å². The third kappa shape index (κ3) is 4.20. The Hall–Kier alpha value is -1.26. The zero-order valence-electron chi connectivity index (χ0n) is 10.6. The largest absolute Gasteiger partial charge is 0.495 e. The number of nitrogens with one attached hydrogen (secondary N) is 1. The first kappa shape index (κ1) is 14.8. The molecule has 5 heteroatoms. The summed E-state index contributed by atoms with van der Waals surface area (Å²) >= 11 is 5.88. The molecule has 1 rings (SSSR count). The summed E-state index contributed by atoms with van der Waals surface area (Å²) < 4.78 is 5.04. The summed E-state index contributed by atoms with van der Waals surface area (Å²) in [6.45, 7) is 2.34. The predicted octanol–water partition coefficient (Wildman–Crippen LogP) is 2.24. The highest BCUT2D eigenvalue weighted by Gasteiger charge is 2.09. The number of amides is 1. The second-order valence-electron chi connectivity index (χ2n) is 3.96. The molecule has 2 N–H and O–H groups in total. The molecule has 1 atom stereocenters. The summed E-state index contributed by atoms with van der Waals surface area (Å²) in [7, 11) is 1.50. The Morgan fingerprint density at radius 2 is 2.28 bits per heavy atom. The van der Waals surface area contributed by atoms with Gasteiger partial charge < -0.3 is 15.2 Å². The molecule has 0 aliphatic rings. The molecule has 18 heavy (non-hydrogen) atoms. The Morgan fingerprint density at radius 3 is 2.89 bits per heavy atom. The van der Waals surface area contributed by atoms with E-state index in [0.29, 0.717) is 35.7 Å². The van der Waals surface area contributed by atoms with E-state index in [4.69, 9.17) is 16.3 Å². The maximum Gasteiger partial charge on any atom is 0.251 e. The molecule has 0 bridgehead atoms. The second-order valence-corrected chi connectivity index (χ2v) is 4.36. The zero-order valence-corrected chi connectivity index (χ0v) is 11.3. The number of aliphatic hydroxyl groups excluding tert-OH is 1. The van der Waals surface area contributed by atoms with E-state index in [1.165, 1.54) is 7.11 Å². The quantitative estimate of drug-likeness (QED) is 0.834. The summed E-state index contributed by atoms with van der Waals surface area (Å²) in [6.07, 6.45) is 0.863. The van der Waals surface area contributed by atoms with Crippen molar-refractivity contribution in [3.8, 4) is 5.75 Å². The van der Waals surface area contributed by atoms with E-state index in [9.17, 15) is 9.90 Å². The van der Waals surface area contributed by atoms with Gasteiger partial charge in [0.2, 0.25) is 0 Å². The summed E-state index contributed by atoms with van der Waals surface area (Å²) in [6, 6.07) is 4.85. The molecule has 1 unspecified atom stereocenters. The van der Waals surface area contributed by atoms with Crippen LogP contribution in [0.1, 0.15) is 30.1 Å². The molecule has 0 radical (unpaired) electrons. The minimum Gasteiger partial charge on any atom is -0.495 e. The molecule has 0 fully saturated rings. The van der Waals surface area contributed by atoms with Crippen LogP contribution in [0.5, 0.6) is 5.75 Å². The first-order valence-corrected chi connectivity index (χ1v) is 6.26. The van der Waals surface area contributed by atoms with Crippen molar-refractivity contribution in [3.63, 3.8) is 0 Å². The number of hydrogen-bond donors (Lipinski definition) is 2. The van der Waals surface area contributed by atoms with Crippen LogP contribution in [0.25, 0.3) is 0 Å². The predicted molar refractivity (Wildman–Crippen MR) is 71.3 cm³/mol. The molecule has 4 nitrogen and oxygen atoms in total. The van der Waals surface area contributed by atoms with Crippen molar-refractivity contribution in [1.29, 1.82) is 0 Å². The average Bonchev–Trinajstić information content (AvgIpc) is 2.38. The van der Waals surface area contributed by atoms with E-state index in [-0.39, 0.29) is 12.0 Å². The maximum absolute atomic E-state index is 11.8. The van der Waals surface area contributed by atoms with Crippen LogP contribution in [0, 0.1) is 0 Å².